The SMILES string of the molecule is O=C1CC2(CCN(C(=O)c3csc(I)c3)CC2)CN1. The van der Waals surface area contributed by atoms with Crippen LogP contribution in [0.1, 0.15) is 29.6 Å². The number of nitrogens with one attached hydrogen (secondary N) is 1. The van der Waals surface area contributed by atoms with E-state index in [1.54, 1.807) is 11.3 Å². The molecule has 2 aliphatic heterocycles. The van der Waals surface area contributed by atoms with Crippen molar-refractivity contribution in [2.45, 2.75) is 19.3 Å². The lowest BCUT2D eigenvalue weighted by Gasteiger charge is -2.38. The van der Waals surface area contributed by atoms with Gasteiger partial charge < -0.3 is 10.2 Å². The zero-order chi connectivity index (χ0) is 13.5. The molecule has 0 aliphatic carbocycles. The summed E-state index contributed by atoms with van der Waals surface area (Å²) in [5, 5.41) is 4.84. The highest BCUT2D eigenvalue weighted by Crippen LogP contribution is 2.37. The Bertz CT molecular complexity index is 520. The summed E-state index contributed by atoms with van der Waals surface area (Å²) >= 11 is 3.84. The fraction of sp³-hybridized carbons (Fsp3) is 0.538. The Kier molecular flexibility index (Phi) is 3.55. The van der Waals surface area contributed by atoms with Gasteiger partial charge in [-0.3, -0.25) is 9.59 Å². The van der Waals surface area contributed by atoms with Crippen molar-refractivity contribution >= 4 is 45.7 Å². The normalized spacial score (nSPS) is 21.7. The van der Waals surface area contributed by atoms with Crippen molar-refractivity contribution in [2.24, 2.45) is 5.41 Å². The minimum Gasteiger partial charge on any atom is -0.356 e. The summed E-state index contributed by atoms with van der Waals surface area (Å²) in [4.78, 5) is 25.6. The summed E-state index contributed by atoms with van der Waals surface area (Å²) in [6, 6.07) is 1.94. The van der Waals surface area contributed by atoms with E-state index in [0.29, 0.717) is 6.42 Å². The second-order valence-electron chi connectivity index (χ2n) is 5.39. The molecule has 2 saturated heterocycles. The molecular weight excluding hydrogens is 375 g/mol. The van der Waals surface area contributed by atoms with E-state index in [-0.39, 0.29) is 17.2 Å². The van der Waals surface area contributed by atoms with Crippen LogP contribution in [0.15, 0.2) is 11.4 Å². The quantitative estimate of drug-likeness (QED) is 0.747. The standard InChI is InChI=1S/C13H15IN2O2S/c14-10-5-9(7-19-10)12(18)16-3-1-13(2-4-16)6-11(17)15-8-13/h5,7H,1-4,6,8H2,(H,15,17). The first-order valence-corrected chi connectivity index (χ1v) is 8.34. The van der Waals surface area contributed by atoms with Crippen LogP contribution in [0.2, 0.25) is 0 Å². The lowest BCUT2D eigenvalue weighted by Crippen LogP contribution is -2.43. The smallest absolute Gasteiger partial charge is 0.254 e. The molecule has 1 N–H and O–H groups in total. The maximum Gasteiger partial charge on any atom is 0.254 e. The molecular formula is C13H15IN2O2S. The number of carbonyl (C=O) groups is 2. The van der Waals surface area contributed by atoms with Gasteiger partial charge in [-0.25, -0.2) is 0 Å². The molecule has 1 aromatic rings. The van der Waals surface area contributed by atoms with Crippen LogP contribution in [-0.4, -0.2) is 36.3 Å². The number of rotatable bonds is 1. The van der Waals surface area contributed by atoms with E-state index in [4.69, 9.17) is 0 Å². The van der Waals surface area contributed by atoms with Gasteiger partial charge >= 0.3 is 0 Å². The molecule has 2 fully saturated rings. The van der Waals surface area contributed by atoms with Gasteiger partial charge in [0.2, 0.25) is 5.91 Å². The Morgan fingerprint density at radius 2 is 2.16 bits per heavy atom. The average Bonchev–Trinajstić information content (AvgIpc) is 2.97. The van der Waals surface area contributed by atoms with E-state index in [1.165, 1.54) is 0 Å². The molecule has 1 spiro atoms. The molecule has 0 saturated carbocycles. The average molecular weight is 390 g/mol. The van der Waals surface area contributed by atoms with Crippen LogP contribution < -0.4 is 5.32 Å². The fourth-order valence-electron chi connectivity index (χ4n) is 2.89. The van der Waals surface area contributed by atoms with Crippen molar-refractivity contribution in [1.29, 1.82) is 0 Å². The van der Waals surface area contributed by atoms with Gasteiger partial charge in [0.15, 0.2) is 0 Å². The molecule has 19 heavy (non-hydrogen) atoms. The topological polar surface area (TPSA) is 49.4 Å². The Morgan fingerprint density at radius 1 is 1.42 bits per heavy atom. The van der Waals surface area contributed by atoms with Crippen molar-refractivity contribution in [3.63, 3.8) is 0 Å². The predicted molar refractivity (Wildman–Crippen MR) is 82.2 cm³/mol. The van der Waals surface area contributed by atoms with Gasteiger partial charge in [-0.15, -0.1) is 11.3 Å². The van der Waals surface area contributed by atoms with Crippen LogP contribution in [0.3, 0.4) is 0 Å². The molecule has 0 unspecified atom stereocenters. The summed E-state index contributed by atoms with van der Waals surface area (Å²) in [6.45, 7) is 2.31. The number of likely N-dealkylation sites (tertiary alicyclic amines) is 1. The third-order valence-corrected chi connectivity index (χ3v) is 5.91. The highest BCUT2D eigenvalue weighted by Gasteiger charge is 2.41. The summed E-state index contributed by atoms with van der Waals surface area (Å²) < 4.78 is 1.14. The van der Waals surface area contributed by atoms with Gasteiger partial charge in [0, 0.05) is 31.4 Å². The molecule has 3 rings (SSSR count). The van der Waals surface area contributed by atoms with E-state index in [9.17, 15) is 9.59 Å². The number of carbonyl (C=O) groups excluding carboxylic acids is 2. The first-order chi connectivity index (χ1) is 9.08. The van der Waals surface area contributed by atoms with Gasteiger partial charge in [-0.1, -0.05) is 0 Å². The zero-order valence-electron chi connectivity index (χ0n) is 10.4. The second-order valence-corrected chi connectivity index (χ2v) is 8.19. The van der Waals surface area contributed by atoms with Crippen LogP contribution in [0.4, 0.5) is 0 Å². The van der Waals surface area contributed by atoms with E-state index in [1.807, 2.05) is 16.3 Å². The van der Waals surface area contributed by atoms with Gasteiger partial charge in [0.1, 0.15) is 0 Å². The van der Waals surface area contributed by atoms with Crippen molar-refractivity contribution in [3.8, 4) is 0 Å². The van der Waals surface area contributed by atoms with Crippen LogP contribution in [0.25, 0.3) is 0 Å². The van der Waals surface area contributed by atoms with Crippen LogP contribution in [0, 0.1) is 8.30 Å². The predicted octanol–water partition coefficient (Wildman–Crippen LogP) is 2.10. The lowest BCUT2D eigenvalue weighted by atomic mass is 9.77. The molecule has 0 aromatic carbocycles. The van der Waals surface area contributed by atoms with E-state index in [2.05, 4.69) is 27.9 Å². The van der Waals surface area contributed by atoms with E-state index in [0.717, 1.165) is 40.9 Å². The van der Waals surface area contributed by atoms with E-state index < -0.39 is 0 Å². The number of hydrogen-bond acceptors (Lipinski definition) is 3. The summed E-state index contributed by atoms with van der Waals surface area (Å²) in [7, 11) is 0. The second kappa shape index (κ2) is 5.05. The van der Waals surface area contributed by atoms with Crippen LogP contribution in [0.5, 0.6) is 0 Å². The molecule has 4 nitrogen and oxygen atoms in total. The number of amides is 2. The minimum atomic E-state index is 0.108. The number of halogens is 1. The van der Waals surface area contributed by atoms with Crippen LogP contribution in [-0.2, 0) is 4.79 Å². The Labute approximate surface area is 129 Å². The molecule has 2 amide bonds. The maximum atomic E-state index is 12.3. The summed E-state index contributed by atoms with van der Waals surface area (Å²) in [5.74, 6) is 0.290. The number of nitrogens with zero attached hydrogens (tertiary/aromatic N) is 1. The molecule has 3 heterocycles. The van der Waals surface area contributed by atoms with E-state index >= 15 is 0 Å². The first kappa shape index (κ1) is 13.4. The summed E-state index contributed by atoms with van der Waals surface area (Å²) in [5.41, 5.74) is 0.905. The van der Waals surface area contributed by atoms with Crippen molar-refractivity contribution in [1.82, 2.24) is 10.2 Å². The van der Waals surface area contributed by atoms with Crippen molar-refractivity contribution in [3.05, 3.63) is 19.9 Å². The monoisotopic (exact) mass is 390 g/mol. The van der Waals surface area contributed by atoms with Gasteiger partial charge in [-0.05, 0) is 46.9 Å². The molecule has 1 aromatic heterocycles. The molecule has 0 atom stereocenters. The molecule has 2 aliphatic rings. The fourth-order valence-corrected chi connectivity index (χ4v) is 4.21. The largest absolute Gasteiger partial charge is 0.356 e. The first-order valence-electron chi connectivity index (χ1n) is 6.38. The van der Waals surface area contributed by atoms with Crippen molar-refractivity contribution < 1.29 is 9.59 Å². The third kappa shape index (κ3) is 2.65. The number of hydrogen-bond donors (Lipinski definition) is 1. The summed E-state index contributed by atoms with van der Waals surface area (Å²) in [6.07, 6.45) is 2.49. The van der Waals surface area contributed by atoms with Crippen molar-refractivity contribution in [2.75, 3.05) is 19.6 Å². The van der Waals surface area contributed by atoms with Gasteiger partial charge in [-0.2, -0.15) is 0 Å². The molecule has 6 heteroatoms. The van der Waals surface area contributed by atoms with Gasteiger partial charge in [0.25, 0.3) is 5.91 Å². The molecule has 0 bridgehead atoms. The highest BCUT2D eigenvalue weighted by molar-refractivity contribution is 14.1. The zero-order valence-corrected chi connectivity index (χ0v) is 13.4. The minimum absolute atomic E-state index is 0.108. The highest BCUT2D eigenvalue weighted by atomic mass is 127. The van der Waals surface area contributed by atoms with Gasteiger partial charge in [0.05, 0.1) is 8.45 Å². The molecule has 0 radical (unpaired) electrons. The number of piperidine rings is 1. The molecule has 102 valence electrons. The Hall–Kier alpha value is -0.630. The Balaban J connectivity index is 1.64. The van der Waals surface area contributed by atoms with Crippen LogP contribution >= 0.6 is 33.9 Å². The lowest BCUT2D eigenvalue weighted by molar-refractivity contribution is -0.119. The number of thiophene rings is 1. The maximum absolute atomic E-state index is 12.3. The third-order valence-electron chi connectivity index (χ3n) is 4.12. The Morgan fingerprint density at radius 3 is 2.68 bits per heavy atom.